The van der Waals surface area contributed by atoms with Crippen molar-refractivity contribution in [2.24, 2.45) is 0 Å². The molecule has 17 heavy (non-hydrogen) atoms. The molecule has 0 spiro atoms. The predicted octanol–water partition coefficient (Wildman–Crippen LogP) is 2.29. The normalized spacial score (nSPS) is 12.2. The van der Waals surface area contributed by atoms with Crippen molar-refractivity contribution in [2.75, 3.05) is 7.11 Å². The lowest BCUT2D eigenvalue weighted by molar-refractivity contribution is -0.672. The second-order valence-corrected chi connectivity index (χ2v) is 4.00. The summed E-state index contributed by atoms with van der Waals surface area (Å²) >= 11 is 0. The van der Waals surface area contributed by atoms with Gasteiger partial charge >= 0.3 is 0 Å². The highest BCUT2D eigenvalue weighted by atomic mass is 19.1. The highest BCUT2D eigenvalue weighted by Gasteiger charge is 2.30. The third-order valence-corrected chi connectivity index (χ3v) is 2.98. The quantitative estimate of drug-likeness (QED) is 0.589. The number of hydrogen-bond acceptors (Lipinski definition) is 1. The van der Waals surface area contributed by atoms with Crippen LogP contribution in [0.5, 0.6) is 5.75 Å². The van der Waals surface area contributed by atoms with Crippen molar-refractivity contribution in [1.29, 1.82) is 0 Å². The minimum atomic E-state index is -0.540. The van der Waals surface area contributed by atoms with Gasteiger partial charge in [0, 0.05) is 17.7 Å². The molecule has 2 aromatic rings. The zero-order valence-corrected chi connectivity index (χ0v) is 9.21. The fourth-order valence-corrected chi connectivity index (χ4v) is 2.21. The minimum absolute atomic E-state index is 0.463. The number of nitrogens with zero attached hydrogens (tertiary/aromatic N) is 1. The molecular formula is C13H10F2NO+. The lowest BCUT2D eigenvalue weighted by Crippen LogP contribution is -2.31. The van der Waals surface area contributed by atoms with E-state index in [0.717, 1.165) is 11.8 Å². The van der Waals surface area contributed by atoms with Crippen LogP contribution < -0.4 is 9.30 Å². The summed E-state index contributed by atoms with van der Waals surface area (Å²) in [6.07, 6.45) is 1.81. The van der Waals surface area contributed by atoms with Gasteiger partial charge in [0.05, 0.1) is 18.7 Å². The summed E-state index contributed by atoms with van der Waals surface area (Å²) in [5.41, 5.74) is 1.85. The molecule has 2 nitrogen and oxygen atoms in total. The van der Waals surface area contributed by atoms with E-state index in [9.17, 15) is 8.78 Å². The van der Waals surface area contributed by atoms with Gasteiger partial charge in [-0.25, -0.2) is 8.78 Å². The van der Waals surface area contributed by atoms with Crippen LogP contribution in [0.25, 0.3) is 11.3 Å². The second-order valence-electron chi connectivity index (χ2n) is 4.00. The molecule has 3 rings (SSSR count). The molecule has 0 aliphatic carbocycles. The topological polar surface area (TPSA) is 13.1 Å². The number of fused-ring (bicyclic) bond motifs is 3. The van der Waals surface area contributed by atoms with Crippen molar-refractivity contribution in [3.8, 4) is 17.0 Å². The zero-order valence-electron chi connectivity index (χ0n) is 9.21. The van der Waals surface area contributed by atoms with Gasteiger partial charge in [0.1, 0.15) is 17.4 Å². The standard InChI is InChI=1S/C13H10F2NO/c1-17-10-2-3-16-7-8-4-9(14)5-11(15)13(8)12(16)6-10/h2-6H,7H2,1H3/q+1. The van der Waals surface area contributed by atoms with Crippen molar-refractivity contribution in [1.82, 2.24) is 0 Å². The Labute approximate surface area is 97.1 Å². The number of benzene rings is 1. The number of methoxy groups -OCH3 is 1. The molecule has 0 fully saturated rings. The lowest BCUT2D eigenvalue weighted by Gasteiger charge is -2.00. The first kappa shape index (κ1) is 10.2. The van der Waals surface area contributed by atoms with E-state index in [1.165, 1.54) is 6.07 Å². The molecule has 2 heterocycles. The van der Waals surface area contributed by atoms with Crippen LogP contribution in [0.1, 0.15) is 5.56 Å². The van der Waals surface area contributed by atoms with Gasteiger partial charge in [0.2, 0.25) is 5.69 Å². The Hall–Kier alpha value is -1.97. The first-order valence-electron chi connectivity index (χ1n) is 5.25. The summed E-state index contributed by atoms with van der Waals surface area (Å²) in [7, 11) is 1.56. The van der Waals surface area contributed by atoms with Crippen molar-refractivity contribution < 1.29 is 18.1 Å². The number of hydrogen-bond donors (Lipinski definition) is 0. The minimum Gasteiger partial charge on any atom is -0.496 e. The van der Waals surface area contributed by atoms with Gasteiger partial charge in [-0.15, -0.1) is 0 Å². The van der Waals surface area contributed by atoms with E-state index in [1.807, 2.05) is 10.8 Å². The smallest absolute Gasteiger partial charge is 0.220 e. The van der Waals surface area contributed by atoms with Crippen molar-refractivity contribution in [2.45, 2.75) is 6.54 Å². The third-order valence-electron chi connectivity index (χ3n) is 2.98. The average Bonchev–Trinajstić information content (AvgIpc) is 2.65. The molecule has 1 aromatic carbocycles. The van der Waals surface area contributed by atoms with E-state index in [1.54, 1.807) is 19.2 Å². The molecule has 4 heteroatoms. The molecule has 0 radical (unpaired) electrons. The van der Waals surface area contributed by atoms with Crippen molar-refractivity contribution in [3.05, 3.63) is 47.7 Å². The summed E-state index contributed by atoms with van der Waals surface area (Å²) in [5, 5.41) is 0. The molecule has 0 N–H and O–H groups in total. The molecule has 0 saturated carbocycles. The molecule has 0 amide bonds. The molecular weight excluding hydrogens is 224 g/mol. The molecule has 1 aromatic heterocycles. The summed E-state index contributed by atoms with van der Waals surface area (Å²) in [4.78, 5) is 0. The molecule has 0 saturated heterocycles. The summed E-state index contributed by atoms with van der Waals surface area (Å²) in [6, 6.07) is 5.84. The third kappa shape index (κ3) is 1.48. The van der Waals surface area contributed by atoms with Crippen LogP contribution in [-0.4, -0.2) is 7.11 Å². The first-order chi connectivity index (χ1) is 8.19. The van der Waals surface area contributed by atoms with Gasteiger partial charge < -0.3 is 4.74 Å². The molecule has 86 valence electrons. The molecule has 0 unspecified atom stereocenters. The maximum atomic E-state index is 13.8. The Morgan fingerprint density at radius 2 is 2.06 bits per heavy atom. The first-order valence-corrected chi connectivity index (χ1v) is 5.25. The van der Waals surface area contributed by atoms with Crippen molar-refractivity contribution in [3.63, 3.8) is 0 Å². The lowest BCUT2D eigenvalue weighted by atomic mass is 10.1. The van der Waals surface area contributed by atoms with Crippen LogP contribution in [0, 0.1) is 11.6 Å². The van der Waals surface area contributed by atoms with E-state index in [-0.39, 0.29) is 0 Å². The number of aromatic nitrogens is 1. The van der Waals surface area contributed by atoms with Crippen LogP contribution in [0.2, 0.25) is 0 Å². The van der Waals surface area contributed by atoms with Crippen LogP contribution in [-0.2, 0) is 6.54 Å². The Morgan fingerprint density at radius 1 is 1.24 bits per heavy atom. The Balaban J connectivity index is 2.25. The molecule has 0 bridgehead atoms. The fourth-order valence-electron chi connectivity index (χ4n) is 2.21. The summed E-state index contributed by atoms with van der Waals surface area (Å²) in [5.74, 6) is -0.408. The molecule has 1 aliphatic rings. The van der Waals surface area contributed by atoms with E-state index in [0.29, 0.717) is 23.4 Å². The van der Waals surface area contributed by atoms with E-state index >= 15 is 0 Å². The molecule has 1 aliphatic heterocycles. The van der Waals surface area contributed by atoms with Crippen LogP contribution in [0.4, 0.5) is 8.78 Å². The van der Waals surface area contributed by atoms with Crippen LogP contribution in [0.15, 0.2) is 30.5 Å². The summed E-state index contributed by atoms with van der Waals surface area (Å²) in [6.45, 7) is 0.489. The number of ether oxygens (including phenoxy) is 1. The monoisotopic (exact) mass is 234 g/mol. The number of pyridine rings is 1. The molecule has 0 atom stereocenters. The Kier molecular flexibility index (Phi) is 2.11. The predicted molar refractivity (Wildman–Crippen MR) is 57.6 cm³/mol. The average molecular weight is 234 g/mol. The van der Waals surface area contributed by atoms with Crippen LogP contribution >= 0.6 is 0 Å². The number of halogens is 2. The number of rotatable bonds is 1. The van der Waals surface area contributed by atoms with E-state index in [4.69, 9.17) is 4.74 Å². The van der Waals surface area contributed by atoms with Gasteiger partial charge in [-0.1, -0.05) is 0 Å². The second kappa shape index (κ2) is 3.52. The van der Waals surface area contributed by atoms with Gasteiger partial charge in [0.15, 0.2) is 12.7 Å². The maximum absolute atomic E-state index is 13.8. The highest BCUT2D eigenvalue weighted by Crippen LogP contribution is 2.31. The van der Waals surface area contributed by atoms with Gasteiger partial charge in [-0.3, -0.25) is 0 Å². The van der Waals surface area contributed by atoms with Crippen LogP contribution in [0.3, 0.4) is 0 Å². The zero-order chi connectivity index (χ0) is 12.0. The summed E-state index contributed by atoms with van der Waals surface area (Å²) < 4.78 is 33.9. The van der Waals surface area contributed by atoms with Gasteiger partial charge in [0.25, 0.3) is 0 Å². The van der Waals surface area contributed by atoms with E-state index < -0.39 is 11.6 Å². The van der Waals surface area contributed by atoms with Gasteiger partial charge in [-0.2, -0.15) is 4.57 Å². The Bertz CT molecular complexity index is 611. The van der Waals surface area contributed by atoms with Gasteiger partial charge in [-0.05, 0) is 6.07 Å². The van der Waals surface area contributed by atoms with E-state index in [2.05, 4.69) is 0 Å². The largest absolute Gasteiger partial charge is 0.496 e. The SMILES string of the molecule is COc1cc[n+]2c(c1)-c1c(F)cc(F)cc1C2. The Morgan fingerprint density at radius 3 is 2.82 bits per heavy atom. The maximum Gasteiger partial charge on any atom is 0.220 e. The van der Waals surface area contributed by atoms with Crippen molar-refractivity contribution >= 4 is 0 Å². The highest BCUT2D eigenvalue weighted by molar-refractivity contribution is 5.65. The fraction of sp³-hybridized carbons (Fsp3) is 0.154.